The lowest BCUT2D eigenvalue weighted by molar-refractivity contribution is -0.128. The van der Waals surface area contributed by atoms with E-state index in [4.69, 9.17) is 0 Å². The van der Waals surface area contributed by atoms with Gasteiger partial charge in [-0.1, -0.05) is 12.2 Å². The first-order valence-electron chi connectivity index (χ1n) is 4.41. The number of hydrogen-bond acceptors (Lipinski definition) is 3. The molecule has 0 bridgehead atoms. The van der Waals surface area contributed by atoms with Crippen LogP contribution in [0.4, 0.5) is 0 Å². The number of aliphatic imine (C=N–C) groups is 1. The first-order valence-corrected chi connectivity index (χ1v) is 4.41. The van der Waals surface area contributed by atoms with Crippen molar-refractivity contribution in [2.75, 3.05) is 0 Å². The lowest BCUT2D eigenvalue weighted by Crippen LogP contribution is -2.30. The molecule has 0 unspecified atom stereocenters. The van der Waals surface area contributed by atoms with Crippen LogP contribution in [0.1, 0.15) is 12.8 Å². The molecule has 0 spiro atoms. The molecule has 0 saturated carbocycles. The van der Waals surface area contributed by atoms with Crippen molar-refractivity contribution in [1.29, 1.82) is 0 Å². The molecule has 0 aromatic heterocycles. The van der Waals surface area contributed by atoms with Crippen LogP contribution >= 0.6 is 0 Å². The second-order valence-electron chi connectivity index (χ2n) is 2.82. The van der Waals surface area contributed by atoms with Crippen LogP contribution in [0.5, 0.6) is 0 Å². The van der Waals surface area contributed by atoms with Gasteiger partial charge in [0.25, 0.3) is 0 Å². The van der Waals surface area contributed by atoms with Crippen molar-refractivity contribution in [2.24, 2.45) is 4.99 Å². The van der Waals surface area contributed by atoms with Gasteiger partial charge < -0.3 is 0 Å². The van der Waals surface area contributed by atoms with Crippen molar-refractivity contribution in [1.82, 2.24) is 5.32 Å². The highest BCUT2D eigenvalue weighted by molar-refractivity contribution is 6.03. The van der Waals surface area contributed by atoms with Crippen LogP contribution in [0.3, 0.4) is 0 Å². The maximum absolute atomic E-state index is 10.3. The summed E-state index contributed by atoms with van der Waals surface area (Å²) in [6.45, 7) is 0. The summed E-state index contributed by atoms with van der Waals surface area (Å²) in [6.07, 6.45) is 8.74. The molecule has 3 amide bonds. The van der Waals surface area contributed by atoms with Gasteiger partial charge in [-0.25, -0.2) is 4.99 Å². The molecule has 2 rings (SSSR count). The molecular weight excluding hydrogens is 196 g/mol. The fraction of sp³-hybridized carbons (Fsp3) is 0.200. The number of hydrogen-bond donors (Lipinski definition) is 1. The zero-order valence-electron chi connectivity index (χ0n) is 7.97. The van der Waals surface area contributed by atoms with Gasteiger partial charge in [-0.2, -0.15) is 0 Å². The SMILES string of the molecule is O=C1C=CCC(=O)N1.O=C1CC=CC=N1. The molecule has 78 valence electrons. The fourth-order valence-electron chi connectivity index (χ4n) is 0.912. The Hall–Kier alpha value is -2.04. The monoisotopic (exact) mass is 206 g/mol. The van der Waals surface area contributed by atoms with Gasteiger partial charge in [0.15, 0.2) is 0 Å². The van der Waals surface area contributed by atoms with Crippen LogP contribution in [0.2, 0.25) is 0 Å². The maximum Gasteiger partial charge on any atom is 0.250 e. The third kappa shape index (κ3) is 4.66. The zero-order valence-corrected chi connectivity index (χ0v) is 7.97. The van der Waals surface area contributed by atoms with E-state index in [2.05, 4.69) is 10.3 Å². The van der Waals surface area contributed by atoms with E-state index in [1.54, 1.807) is 18.2 Å². The summed E-state index contributed by atoms with van der Waals surface area (Å²) < 4.78 is 0. The van der Waals surface area contributed by atoms with Crippen LogP contribution in [0.15, 0.2) is 29.3 Å². The summed E-state index contributed by atoms with van der Waals surface area (Å²) in [5, 5.41) is 2.11. The van der Waals surface area contributed by atoms with Crippen LogP contribution in [0.25, 0.3) is 0 Å². The van der Waals surface area contributed by atoms with Gasteiger partial charge in [0.2, 0.25) is 17.7 Å². The summed E-state index contributed by atoms with van der Waals surface area (Å²) in [5.41, 5.74) is 0. The molecule has 0 radical (unpaired) electrons. The quantitative estimate of drug-likeness (QED) is 0.572. The molecule has 1 N–H and O–H groups in total. The minimum absolute atomic E-state index is 0.0532. The Morgan fingerprint density at radius 1 is 1.13 bits per heavy atom. The second-order valence-corrected chi connectivity index (χ2v) is 2.82. The predicted octanol–water partition coefficient (Wildman–Crippen LogP) is 0.133. The van der Waals surface area contributed by atoms with Crippen LogP contribution in [-0.4, -0.2) is 23.9 Å². The van der Waals surface area contributed by atoms with E-state index < -0.39 is 0 Å². The first kappa shape index (κ1) is 11.0. The normalized spacial score (nSPS) is 18.3. The van der Waals surface area contributed by atoms with Crippen molar-refractivity contribution in [2.45, 2.75) is 12.8 Å². The van der Waals surface area contributed by atoms with E-state index in [0.717, 1.165) is 0 Å². The molecule has 0 aromatic rings. The topological polar surface area (TPSA) is 75.6 Å². The molecule has 5 nitrogen and oxygen atoms in total. The number of carbonyl (C=O) groups excluding carboxylic acids is 3. The number of allylic oxidation sites excluding steroid dienone is 1. The van der Waals surface area contributed by atoms with Gasteiger partial charge in [-0.3, -0.25) is 19.7 Å². The molecule has 5 heteroatoms. The van der Waals surface area contributed by atoms with Crippen LogP contribution < -0.4 is 5.32 Å². The Kier molecular flexibility index (Phi) is 4.15. The van der Waals surface area contributed by atoms with Gasteiger partial charge in [0, 0.05) is 19.1 Å². The van der Waals surface area contributed by atoms with Gasteiger partial charge in [-0.05, 0) is 12.2 Å². The highest BCUT2D eigenvalue weighted by atomic mass is 16.2. The number of dihydropyridines is 1. The molecule has 0 fully saturated rings. The average Bonchev–Trinajstić information content (AvgIpc) is 2.19. The lowest BCUT2D eigenvalue weighted by atomic mass is 10.3. The Bertz CT molecular complexity index is 367. The Morgan fingerprint density at radius 3 is 2.27 bits per heavy atom. The second kappa shape index (κ2) is 5.64. The van der Waals surface area contributed by atoms with Gasteiger partial charge in [0.1, 0.15) is 0 Å². The number of rotatable bonds is 0. The predicted molar refractivity (Wildman–Crippen MR) is 54.2 cm³/mol. The van der Waals surface area contributed by atoms with Crippen molar-refractivity contribution in [3.05, 3.63) is 24.3 Å². The van der Waals surface area contributed by atoms with E-state index >= 15 is 0 Å². The van der Waals surface area contributed by atoms with Crippen molar-refractivity contribution in [3.63, 3.8) is 0 Å². The number of nitrogens with one attached hydrogen (secondary N) is 1. The summed E-state index contributed by atoms with van der Waals surface area (Å²) in [4.78, 5) is 34.2. The Morgan fingerprint density at radius 2 is 1.93 bits per heavy atom. The number of carbonyl (C=O) groups is 3. The molecule has 2 heterocycles. The van der Waals surface area contributed by atoms with Gasteiger partial charge >= 0.3 is 0 Å². The van der Waals surface area contributed by atoms with E-state index in [-0.39, 0.29) is 17.7 Å². The molecule has 2 aliphatic heterocycles. The summed E-state index contributed by atoms with van der Waals surface area (Å²) >= 11 is 0. The molecular formula is C10H10N2O3. The first-order chi connectivity index (χ1) is 7.18. The highest BCUT2D eigenvalue weighted by Crippen LogP contribution is 1.90. The van der Waals surface area contributed by atoms with Crippen LogP contribution in [0, 0.1) is 0 Å². The van der Waals surface area contributed by atoms with E-state index in [0.29, 0.717) is 12.8 Å². The smallest absolute Gasteiger partial charge is 0.250 e. The van der Waals surface area contributed by atoms with E-state index in [9.17, 15) is 14.4 Å². The fourth-order valence-corrected chi connectivity index (χ4v) is 0.912. The molecule has 2 aliphatic rings. The molecule has 0 aliphatic carbocycles. The molecule has 0 atom stereocenters. The third-order valence-electron chi connectivity index (χ3n) is 1.57. The number of amides is 3. The summed E-state index contributed by atoms with van der Waals surface area (Å²) in [7, 11) is 0. The zero-order chi connectivity index (χ0) is 11.1. The summed E-state index contributed by atoms with van der Waals surface area (Å²) in [6, 6.07) is 0. The Labute approximate surface area is 86.6 Å². The third-order valence-corrected chi connectivity index (χ3v) is 1.57. The molecule has 0 aromatic carbocycles. The average molecular weight is 206 g/mol. The van der Waals surface area contributed by atoms with E-state index in [1.165, 1.54) is 12.3 Å². The number of imide groups is 1. The largest absolute Gasteiger partial charge is 0.293 e. The highest BCUT2D eigenvalue weighted by Gasteiger charge is 2.06. The van der Waals surface area contributed by atoms with Crippen LogP contribution in [-0.2, 0) is 14.4 Å². The standard InChI is InChI=1S/C5H5NO2.C5H5NO/c7-4-2-1-3-5(8)6-4;7-5-3-1-2-4-6-5/h1-2H,3H2,(H,6,7,8);1-2,4H,3H2. The van der Waals surface area contributed by atoms with Crippen molar-refractivity contribution in [3.8, 4) is 0 Å². The molecule has 0 saturated heterocycles. The maximum atomic E-state index is 10.3. The van der Waals surface area contributed by atoms with Gasteiger partial charge in [-0.15, -0.1) is 0 Å². The summed E-state index contributed by atoms with van der Waals surface area (Å²) in [5.74, 6) is -0.596. The Balaban J connectivity index is 0.000000151. The van der Waals surface area contributed by atoms with Crippen molar-refractivity contribution >= 4 is 23.9 Å². The van der Waals surface area contributed by atoms with E-state index in [1.807, 2.05) is 0 Å². The van der Waals surface area contributed by atoms with Crippen molar-refractivity contribution < 1.29 is 14.4 Å². The number of nitrogens with zero attached hydrogens (tertiary/aromatic N) is 1. The minimum atomic E-state index is -0.318. The lowest BCUT2D eigenvalue weighted by Gasteiger charge is -2.00. The molecule has 15 heavy (non-hydrogen) atoms. The minimum Gasteiger partial charge on any atom is -0.293 e. The van der Waals surface area contributed by atoms with Gasteiger partial charge in [0.05, 0.1) is 0 Å².